The van der Waals surface area contributed by atoms with Crippen molar-refractivity contribution in [3.8, 4) is 5.75 Å². The molecular formula is C22H22N4O3. The quantitative estimate of drug-likeness (QED) is 0.529. The number of carbonyl (C=O) groups is 2. The van der Waals surface area contributed by atoms with Gasteiger partial charge in [-0.05, 0) is 35.7 Å². The monoisotopic (exact) mass is 390 g/mol. The minimum atomic E-state index is -0.301. The van der Waals surface area contributed by atoms with E-state index >= 15 is 0 Å². The van der Waals surface area contributed by atoms with Crippen molar-refractivity contribution in [2.75, 3.05) is 5.73 Å². The topological polar surface area (TPSA) is 98.4 Å². The van der Waals surface area contributed by atoms with E-state index in [0.29, 0.717) is 36.2 Å². The van der Waals surface area contributed by atoms with Crippen molar-refractivity contribution >= 4 is 28.7 Å². The van der Waals surface area contributed by atoms with Crippen molar-refractivity contribution in [1.82, 2.24) is 14.9 Å². The van der Waals surface area contributed by atoms with E-state index in [-0.39, 0.29) is 23.5 Å². The Hall–Kier alpha value is -3.48. The number of rotatable bonds is 5. The van der Waals surface area contributed by atoms with Gasteiger partial charge in [0.25, 0.3) is 5.91 Å². The molecule has 0 spiro atoms. The SMILES string of the molecule is CCCCC(=O)Oc1ccc2nc(N)nc(C(=O)N3Cc4ccccc4C3)c2c1. The zero-order valence-electron chi connectivity index (χ0n) is 16.2. The zero-order valence-corrected chi connectivity index (χ0v) is 16.2. The molecule has 0 saturated heterocycles. The van der Waals surface area contributed by atoms with Gasteiger partial charge in [-0.2, -0.15) is 0 Å². The minimum Gasteiger partial charge on any atom is -0.427 e. The van der Waals surface area contributed by atoms with Crippen molar-refractivity contribution in [3.63, 3.8) is 0 Å². The molecule has 0 atom stereocenters. The molecule has 7 heteroatoms. The van der Waals surface area contributed by atoms with Crippen LogP contribution in [0.4, 0.5) is 5.95 Å². The predicted molar refractivity (Wildman–Crippen MR) is 109 cm³/mol. The van der Waals surface area contributed by atoms with E-state index in [0.717, 1.165) is 24.0 Å². The van der Waals surface area contributed by atoms with E-state index in [2.05, 4.69) is 9.97 Å². The maximum Gasteiger partial charge on any atom is 0.311 e. The largest absolute Gasteiger partial charge is 0.427 e. The number of hydrogen-bond acceptors (Lipinski definition) is 6. The van der Waals surface area contributed by atoms with Crippen LogP contribution in [-0.2, 0) is 17.9 Å². The molecule has 4 rings (SSSR count). The number of unbranched alkanes of at least 4 members (excludes halogenated alkanes) is 1. The maximum absolute atomic E-state index is 13.2. The third kappa shape index (κ3) is 3.89. The number of fused-ring (bicyclic) bond motifs is 2. The lowest BCUT2D eigenvalue weighted by Crippen LogP contribution is -2.27. The Morgan fingerprint density at radius 2 is 1.83 bits per heavy atom. The molecule has 1 aliphatic rings. The number of nitrogens with zero attached hydrogens (tertiary/aromatic N) is 3. The zero-order chi connectivity index (χ0) is 20.4. The number of anilines is 1. The van der Waals surface area contributed by atoms with Crippen LogP contribution in [0.15, 0.2) is 42.5 Å². The summed E-state index contributed by atoms with van der Waals surface area (Å²) < 4.78 is 5.42. The van der Waals surface area contributed by atoms with Gasteiger partial charge in [-0.1, -0.05) is 37.6 Å². The van der Waals surface area contributed by atoms with Gasteiger partial charge < -0.3 is 15.4 Å². The number of nitrogen functional groups attached to an aromatic ring is 1. The molecule has 1 amide bonds. The van der Waals surface area contributed by atoms with Crippen molar-refractivity contribution in [2.24, 2.45) is 0 Å². The number of esters is 1. The second kappa shape index (κ2) is 7.87. The van der Waals surface area contributed by atoms with Gasteiger partial charge in [0.1, 0.15) is 11.4 Å². The van der Waals surface area contributed by atoms with Crippen molar-refractivity contribution in [1.29, 1.82) is 0 Å². The van der Waals surface area contributed by atoms with Crippen LogP contribution in [0.2, 0.25) is 0 Å². The Bertz CT molecular complexity index is 1070. The molecule has 148 valence electrons. The summed E-state index contributed by atoms with van der Waals surface area (Å²) in [5.41, 5.74) is 8.83. The molecule has 7 nitrogen and oxygen atoms in total. The summed E-state index contributed by atoms with van der Waals surface area (Å²) in [6.45, 7) is 3.05. The molecule has 2 aromatic carbocycles. The minimum absolute atomic E-state index is 0.0326. The first-order chi connectivity index (χ1) is 14.0. The first-order valence-electron chi connectivity index (χ1n) is 9.69. The van der Waals surface area contributed by atoms with Gasteiger partial charge >= 0.3 is 5.97 Å². The van der Waals surface area contributed by atoms with Crippen molar-refractivity contribution in [3.05, 3.63) is 59.3 Å². The molecule has 0 saturated carbocycles. The van der Waals surface area contributed by atoms with Crippen LogP contribution in [-0.4, -0.2) is 26.7 Å². The normalized spacial score (nSPS) is 12.8. The lowest BCUT2D eigenvalue weighted by Gasteiger charge is -2.16. The molecule has 0 radical (unpaired) electrons. The molecule has 0 aliphatic carbocycles. The summed E-state index contributed by atoms with van der Waals surface area (Å²) in [5.74, 6) is -0.129. The molecule has 2 heterocycles. The number of amides is 1. The number of aromatic nitrogens is 2. The molecule has 1 aromatic heterocycles. The highest BCUT2D eigenvalue weighted by Gasteiger charge is 2.27. The maximum atomic E-state index is 13.2. The van der Waals surface area contributed by atoms with Gasteiger partial charge in [-0.25, -0.2) is 9.97 Å². The third-order valence-corrected chi connectivity index (χ3v) is 4.98. The molecule has 29 heavy (non-hydrogen) atoms. The van der Waals surface area contributed by atoms with E-state index in [4.69, 9.17) is 10.5 Å². The van der Waals surface area contributed by atoms with Gasteiger partial charge in [-0.15, -0.1) is 0 Å². The summed E-state index contributed by atoms with van der Waals surface area (Å²) in [4.78, 5) is 35.3. The lowest BCUT2D eigenvalue weighted by atomic mass is 10.1. The number of ether oxygens (including phenoxy) is 1. The molecule has 0 unspecified atom stereocenters. The Morgan fingerprint density at radius 1 is 1.10 bits per heavy atom. The first-order valence-corrected chi connectivity index (χ1v) is 9.69. The molecule has 1 aliphatic heterocycles. The van der Waals surface area contributed by atoms with E-state index in [1.807, 2.05) is 31.2 Å². The highest BCUT2D eigenvalue weighted by molar-refractivity contribution is 6.05. The summed E-state index contributed by atoms with van der Waals surface area (Å²) >= 11 is 0. The highest BCUT2D eigenvalue weighted by atomic mass is 16.5. The molecule has 3 aromatic rings. The number of hydrogen-bond donors (Lipinski definition) is 1. The van der Waals surface area contributed by atoms with E-state index in [9.17, 15) is 9.59 Å². The van der Waals surface area contributed by atoms with Crippen LogP contribution in [0.1, 0.15) is 47.8 Å². The number of nitrogens with two attached hydrogens (primary N) is 1. The second-order valence-corrected chi connectivity index (χ2v) is 7.12. The summed E-state index contributed by atoms with van der Waals surface area (Å²) in [5, 5.41) is 0.515. The van der Waals surface area contributed by atoms with Crippen LogP contribution in [0.3, 0.4) is 0 Å². The smallest absolute Gasteiger partial charge is 0.311 e. The Kier molecular flexibility index (Phi) is 5.12. The van der Waals surface area contributed by atoms with Crippen molar-refractivity contribution < 1.29 is 14.3 Å². The van der Waals surface area contributed by atoms with Crippen molar-refractivity contribution in [2.45, 2.75) is 39.3 Å². The van der Waals surface area contributed by atoms with Gasteiger partial charge in [0.15, 0.2) is 0 Å². The van der Waals surface area contributed by atoms with Gasteiger partial charge in [0.05, 0.1) is 5.52 Å². The third-order valence-electron chi connectivity index (χ3n) is 4.98. The fourth-order valence-electron chi connectivity index (χ4n) is 3.48. The Labute approximate surface area is 168 Å². The molecule has 2 N–H and O–H groups in total. The van der Waals surface area contributed by atoms with Crippen LogP contribution < -0.4 is 10.5 Å². The molecule has 0 bridgehead atoms. The Balaban J connectivity index is 1.65. The summed E-state index contributed by atoms with van der Waals surface area (Å²) in [7, 11) is 0. The van der Waals surface area contributed by atoms with Gasteiger partial charge in [-0.3, -0.25) is 9.59 Å². The lowest BCUT2D eigenvalue weighted by molar-refractivity contribution is -0.134. The standard InChI is InChI=1S/C22H22N4O3/c1-2-3-8-19(27)29-16-9-10-18-17(11-16)20(25-22(23)24-18)21(28)26-12-14-6-4-5-7-15(14)13-26/h4-7,9-11H,2-3,8,12-13H2,1H3,(H2,23,24,25). The predicted octanol–water partition coefficient (Wildman–Crippen LogP) is 3.46. The average molecular weight is 390 g/mol. The number of carbonyl (C=O) groups excluding carboxylic acids is 2. The van der Waals surface area contributed by atoms with Gasteiger partial charge in [0.2, 0.25) is 5.95 Å². The van der Waals surface area contributed by atoms with Gasteiger partial charge in [0, 0.05) is 24.9 Å². The second-order valence-electron chi connectivity index (χ2n) is 7.12. The first kappa shape index (κ1) is 18.9. The summed E-state index contributed by atoms with van der Waals surface area (Å²) in [6.07, 6.45) is 2.03. The van der Waals surface area contributed by atoms with Crippen LogP contribution in [0, 0.1) is 0 Å². The van der Waals surface area contributed by atoms with Crippen LogP contribution in [0.25, 0.3) is 10.9 Å². The van der Waals surface area contributed by atoms with Crippen LogP contribution in [0.5, 0.6) is 5.75 Å². The number of benzene rings is 2. The summed E-state index contributed by atoms with van der Waals surface area (Å²) in [6, 6.07) is 12.9. The molecular weight excluding hydrogens is 368 g/mol. The fraction of sp³-hybridized carbons (Fsp3) is 0.273. The van der Waals surface area contributed by atoms with E-state index in [1.54, 1.807) is 23.1 Å². The highest BCUT2D eigenvalue weighted by Crippen LogP contribution is 2.28. The molecule has 0 fully saturated rings. The fourth-order valence-corrected chi connectivity index (χ4v) is 3.48. The average Bonchev–Trinajstić information content (AvgIpc) is 3.15. The van der Waals surface area contributed by atoms with E-state index < -0.39 is 0 Å². The van der Waals surface area contributed by atoms with Crippen LogP contribution >= 0.6 is 0 Å². The van der Waals surface area contributed by atoms with E-state index in [1.165, 1.54) is 0 Å². The Morgan fingerprint density at radius 3 is 2.52 bits per heavy atom.